The molecule has 4 nitrogen and oxygen atoms in total. The Morgan fingerprint density at radius 2 is 1.37 bits per heavy atom. The van der Waals surface area contributed by atoms with Crippen LogP contribution >= 0.6 is 0 Å². The molecular formula is C23H23NO3. The predicted octanol–water partition coefficient (Wildman–Crippen LogP) is 4.19. The lowest BCUT2D eigenvalue weighted by atomic mass is 9.78. The van der Waals surface area contributed by atoms with Gasteiger partial charge in [0.2, 0.25) is 5.91 Å². The van der Waals surface area contributed by atoms with Crippen LogP contribution in [0.3, 0.4) is 0 Å². The van der Waals surface area contributed by atoms with Gasteiger partial charge in [0.15, 0.2) is 5.60 Å². The predicted molar refractivity (Wildman–Crippen MR) is 105 cm³/mol. The molecular weight excluding hydrogens is 338 g/mol. The highest BCUT2D eigenvalue weighted by molar-refractivity contribution is 5.71. The number of nitrogens with one attached hydrogen (secondary N) is 1. The molecule has 0 saturated heterocycles. The largest absolute Gasteiger partial charge is 0.380 e. The van der Waals surface area contributed by atoms with Crippen molar-refractivity contribution in [2.75, 3.05) is 7.11 Å². The SMILES string of the molecule is COCc1ccccc1C(ONC(C)=O)(c1ccccc1)c1ccccc1. The van der Waals surface area contributed by atoms with E-state index in [1.165, 1.54) is 6.92 Å². The molecule has 0 radical (unpaired) electrons. The third-order valence-corrected chi connectivity index (χ3v) is 4.40. The van der Waals surface area contributed by atoms with Crippen LogP contribution in [0.25, 0.3) is 0 Å². The van der Waals surface area contributed by atoms with E-state index in [9.17, 15) is 4.79 Å². The Labute approximate surface area is 159 Å². The summed E-state index contributed by atoms with van der Waals surface area (Å²) in [7, 11) is 1.66. The first kappa shape index (κ1) is 18.8. The Kier molecular flexibility index (Phi) is 6.01. The van der Waals surface area contributed by atoms with E-state index in [-0.39, 0.29) is 5.91 Å². The molecule has 0 aliphatic heterocycles. The smallest absolute Gasteiger partial charge is 0.240 e. The van der Waals surface area contributed by atoms with Crippen molar-refractivity contribution >= 4 is 5.91 Å². The number of benzene rings is 3. The standard InChI is InChI=1S/C23H23NO3/c1-18(25)24-27-23(20-12-5-3-6-13-20,21-14-7-4-8-15-21)22-16-10-9-11-19(22)17-26-2/h3-16H,17H2,1-2H3,(H,24,25). The van der Waals surface area contributed by atoms with Gasteiger partial charge < -0.3 is 4.74 Å². The van der Waals surface area contributed by atoms with Crippen molar-refractivity contribution < 1.29 is 14.4 Å². The van der Waals surface area contributed by atoms with Gasteiger partial charge in [-0.1, -0.05) is 84.9 Å². The van der Waals surface area contributed by atoms with Crippen LogP contribution in [0.5, 0.6) is 0 Å². The Morgan fingerprint density at radius 1 is 0.852 bits per heavy atom. The van der Waals surface area contributed by atoms with Crippen LogP contribution in [0, 0.1) is 0 Å². The first-order valence-corrected chi connectivity index (χ1v) is 8.81. The van der Waals surface area contributed by atoms with E-state index in [2.05, 4.69) is 5.48 Å². The van der Waals surface area contributed by atoms with Crippen molar-refractivity contribution in [2.24, 2.45) is 0 Å². The highest BCUT2D eigenvalue weighted by atomic mass is 16.7. The molecule has 3 aromatic carbocycles. The molecule has 0 spiro atoms. The number of amides is 1. The minimum Gasteiger partial charge on any atom is -0.380 e. The minimum atomic E-state index is -1.01. The Hall–Kier alpha value is -2.95. The van der Waals surface area contributed by atoms with Gasteiger partial charge in [0.25, 0.3) is 0 Å². The minimum absolute atomic E-state index is 0.268. The summed E-state index contributed by atoms with van der Waals surface area (Å²) in [5.41, 5.74) is 5.28. The number of methoxy groups -OCH3 is 1. The second-order valence-corrected chi connectivity index (χ2v) is 6.26. The molecule has 0 aromatic heterocycles. The number of rotatable bonds is 7. The van der Waals surface area contributed by atoms with Crippen LogP contribution < -0.4 is 5.48 Å². The summed E-state index contributed by atoms with van der Waals surface area (Å²) >= 11 is 0. The van der Waals surface area contributed by atoms with Crippen molar-refractivity contribution in [3.05, 3.63) is 107 Å². The van der Waals surface area contributed by atoms with Crippen molar-refractivity contribution in [3.63, 3.8) is 0 Å². The van der Waals surface area contributed by atoms with Crippen LogP contribution in [0.15, 0.2) is 84.9 Å². The van der Waals surface area contributed by atoms with E-state index < -0.39 is 5.60 Å². The third kappa shape index (κ3) is 3.92. The average molecular weight is 361 g/mol. The maximum Gasteiger partial charge on any atom is 0.240 e. The molecule has 0 atom stereocenters. The average Bonchev–Trinajstić information content (AvgIpc) is 2.71. The van der Waals surface area contributed by atoms with E-state index in [0.29, 0.717) is 6.61 Å². The van der Waals surface area contributed by atoms with Gasteiger partial charge in [-0.15, -0.1) is 0 Å². The molecule has 4 heteroatoms. The van der Waals surface area contributed by atoms with Crippen LogP contribution in [0.1, 0.15) is 29.2 Å². The summed E-state index contributed by atoms with van der Waals surface area (Å²) in [6.45, 7) is 1.86. The number of hydrogen-bond donors (Lipinski definition) is 1. The molecule has 0 bridgehead atoms. The van der Waals surface area contributed by atoms with Crippen molar-refractivity contribution in [1.29, 1.82) is 0 Å². The monoisotopic (exact) mass is 361 g/mol. The molecule has 1 N–H and O–H groups in total. The van der Waals surface area contributed by atoms with Gasteiger partial charge in [0.05, 0.1) is 6.61 Å². The second kappa shape index (κ2) is 8.62. The zero-order valence-electron chi connectivity index (χ0n) is 15.5. The molecule has 0 aliphatic rings. The van der Waals surface area contributed by atoms with E-state index in [1.54, 1.807) is 7.11 Å². The van der Waals surface area contributed by atoms with Gasteiger partial charge in [0.1, 0.15) is 0 Å². The first-order valence-electron chi connectivity index (χ1n) is 8.81. The normalized spacial score (nSPS) is 11.2. The van der Waals surface area contributed by atoms with Crippen molar-refractivity contribution in [3.8, 4) is 0 Å². The number of carbonyl (C=O) groups excluding carboxylic acids is 1. The topological polar surface area (TPSA) is 47.6 Å². The van der Waals surface area contributed by atoms with E-state index in [4.69, 9.17) is 9.57 Å². The Morgan fingerprint density at radius 3 is 1.89 bits per heavy atom. The van der Waals surface area contributed by atoms with E-state index in [1.807, 2.05) is 84.9 Å². The van der Waals surface area contributed by atoms with Crippen LogP contribution in [0.4, 0.5) is 0 Å². The lowest BCUT2D eigenvalue weighted by Gasteiger charge is -2.36. The molecule has 0 aliphatic carbocycles. The fourth-order valence-corrected chi connectivity index (χ4v) is 3.29. The summed E-state index contributed by atoms with van der Waals surface area (Å²) in [6.07, 6.45) is 0. The number of ether oxygens (including phenoxy) is 1. The zero-order chi connectivity index (χ0) is 19.1. The molecule has 3 rings (SSSR count). The molecule has 27 heavy (non-hydrogen) atoms. The molecule has 3 aromatic rings. The Bertz CT molecular complexity index is 839. The lowest BCUT2D eigenvalue weighted by molar-refractivity contribution is -0.141. The van der Waals surface area contributed by atoms with Gasteiger partial charge in [0, 0.05) is 19.6 Å². The van der Waals surface area contributed by atoms with Gasteiger partial charge in [-0.25, -0.2) is 5.48 Å². The number of carbonyl (C=O) groups is 1. The lowest BCUT2D eigenvalue weighted by Crippen LogP contribution is -2.40. The van der Waals surface area contributed by atoms with Gasteiger partial charge in [-0.05, 0) is 16.7 Å². The summed E-state index contributed by atoms with van der Waals surface area (Å²) in [5.74, 6) is -0.268. The molecule has 0 saturated carbocycles. The van der Waals surface area contributed by atoms with E-state index in [0.717, 1.165) is 22.3 Å². The van der Waals surface area contributed by atoms with E-state index >= 15 is 0 Å². The summed E-state index contributed by atoms with van der Waals surface area (Å²) in [4.78, 5) is 17.9. The molecule has 0 fully saturated rings. The van der Waals surface area contributed by atoms with Crippen LogP contribution in [-0.2, 0) is 26.6 Å². The maximum absolute atomic E-state index is 11.7. The maximum atomic E-state index is 11.7. The molecule has 138 valence electrons. The van der Waals surface area contributed by atoms with Crippen molar-refractivity contribution in [1.82, 2.24) is 5.48 Å². The number of hydrogen-bond acceptors (Lipinski definition) is 3. The highest BCUT2D eigenvalue weighted by Gasteiger charge is 2.40. The van der Waals surface area contributed by atoms with Gasteiger partial charge >= 0.3 is 0 Å². The fourth-order valence-electron chi connectivity index (χ4n) is 3.29. The van der Waals surface area contributed by atoms with Gasteiger partial charge in [-0.3, -0.25) is 9.63 Å². The third-order valence-electron chi connectivity index (χ3n) is 4.40. The summed E-state index contributed by atoms with van der Waals surface area (Å²) in [5, 5.41) is 0. The quantitative estimate of drug-likeness (QED) is 0.507. The van der Waals surface area contributed by atoms with Crippen LogP contribution in [0.2, 0.25) is 0 Å². The summed E-state index contributed by atoms with van der Waals surface area (Å²) < 4.78 is 5.42. The summed E-state index contributed by atoms with van der Waals surface area (Å²) in [6, 6.07) is 27.7. The first-order chi connectivity index (χ1) is 13.2. The van der Waals surface area contributed by atoms with Crippen molar-refractivity contribution in [2.45, 2.75) is 19.1 Å². The Balaban J connectivity index is 2.32. The molecule has 0 heterocycles. The zero-order valence-corrected chi connectivity index (χ0v) is 15.5. The second-order valence-electron chi connectivity index (χ2n) is 6.26. The van der Waals surface area contributed by atoms with Gasteiger partial charge in [-0.2, -0.15) is 0 Å². The fraction of sp³-hybridized carbons (Fsp3) is 0.174. The highest BCUT2D eigenvalue weighted by Crippen LogP contribution is 2.41. The number of hydroxylamine groups is 1. The molecule has 1 amide bonds. The molecule has 0 unspecified atom stereocenters. The van der Waals surface area contributed by atoms with Crippen LogP contribution in [-0.4, -0.2) is 13.0 Å².